The number of benzene rings is 2. The van der Waals surface area contributed by atoms with E-state index < -0.39 is 16.1 Å². The third-order valence-corrected chi connectivity index (χ3v) is 8.04. The second kappa shape index (κ2) is 9.76. The van der Waals surface area contributed by atoms with Crippen molar-refractivity contribution in [2.45, 2.75) is 50.5 Å². The normalized spacial score (nSPS) is 20.0. The Bertz CT molecular complexity index is 1160. The van der Waals surface area contributed by atoms with Crippen LogP contribution in [0.5, 0.6) is 5.75 Å². The zero-order valence-electron chi connectivity index (χ0n) is 19.8. The van der Waals surface area contributed by atoms with E-state index in [0.717, 1.165) is 29.2 Å². The van der Waals surface area contributed by atoms with Gasteiger partial charge in [0.25, 0.3) is 0 Å². The summed E-state index contributed by atoms with van der Waals surface area (Å²) in [6, 6.07) is 11.7. The predicted octanol–water partition coefficient (Wildman–Crippen LogP) is 3.62. The number of hydrogen-bond acceptors (Lipinski definition) is 6. The van der Waals surface area contributed by atoms with E-state index in [0.29, 0.717) is 5.92 Å². The molecule has 2 heterocycles. The van der Waals surface area contributed by atoms with E-state index in [1.54, 1.807) is 6.92 Å². The lowest BCUT2D eigenvalue weighted by Gasteiger charge is -2.33. The zero-order valence-corrected chi connectivity index (χ0v) is 20.6. The first-order valence-electron chi connectivity index (χ1n) is 11.6. The molecule has 0 saturated carbocycles. The summed E-state index contributed by atoms with van der Waals surface area (Å²) < 4.78 is 34.3. The number of anilines is 2. The van der Waals surface area contributed by atoms with Crippen molar-refractivity contribution in [2.24, 2.45) is 5.92 Å². The molecule has 9 heteroatoms. The van der Waals surface area contributed by atoms with Crippen LogP contribution in [0.1, 0.15) is 51.1 Å². The molecule has 182 valence electrons. The van der Waals surface area contributed by atoms with Crippen LogP contribution in [0.4, 0.5) is 11.4 Å². The lowest BCUT2D eigenvalue weighted by atomic mass is 9.99. The molecule has 2 aromatic rings. The first-order valence-corrected chi connectivity index (χ1v) is 13.1. The fourth-order valence-electron chi connectivity index (χ4n) is 4.62. The van der Waals surface area contributed by atoms with Gasteiger partial charge in [0.15, 0.2) is 0 Å². The summed E-state index contributed by atoms with van der Waals surface area (Å²) in [7, 11) is -2.51. The average molecular weight is 486 g/mol. The fraction of sp³-hybridized carbons (Fsp3) is 0.440. The number of sulfonamides is 1. The summed E-state index contributed by atoms with van der Waals surface area (Å²) in [5.41, 5.74) is 2.13. The quantitative estimate of drug-likeness (QED) is 0.602. The molecule has 2 aromatic carbocycles. The van der Waals surface area contributed by atoms with Gasteiger partial charge in [0.1, 0.15) is 5.75 Å². The summed E-state index contributed by atoms with van der Waals surface area (Å²) in [5.74, 6) is 0.183. The largest absolute Gasteiger partial charge is 0.495 e. The maximum atomic E-state index is 13.1. The highest BCUT2D eigenvalue weighted by atomic mass is 32.2. The molecule has 2 fully saturated rings. The van der Waals surface area contributed by atoms with Gasteiger partial charge in [0.05, 0.1) is 17.7 Å². The van der Waals surface area contributed by atoms with Crippen molar-refractivity contribution in [3.63, 3.8) is 0 Å². The highest BCUT2D eigenvalue weighted by Gasteiger charge is 2.33. The highest BCUT2D eigenvalue weighted by Crippen LogP contribution is 2.34. The van der Waals surface area contributed by atoms with Gasteiger partial charge < -0.3 is 9.64 Å². The Kier molecular flexibility index (Phi) is 6.95. The molecule has 0 unspecified atom stereocenters. The third-order valence-electron chi connectivity index (χ3n) is 6.50. The number of nitrogens with one attached hydrogen (secondary N) is 1. The Labute approximate surface area is 200 Å². The number of carbonyl (C=O) groups is 2. The van der Waals surface area contributed by atoms with Crippen LogP contribution in [0.3, 0.4) is 0 Å². The minimum Gasteiger partial charge on any atom is -0.495 e. The van der Waals surface area contributed by atoms with E-state index in [4.69, 9.17) is 4.74 Å². The van der Waals surface area contributed by atoms with Crippen LogP contribution < -0.4 is 19.3 Å². The number of piperidine rings is 1. The molecule has 0 radical (unpaired) electrons. The van der Waals surface area contributed by atoms with Gasteiger partial charge >= 0.3 is 0 Å². The predicted molar refractivity (Wildman–Crippen MR) is 131 cm³/mol. The topological polar surface area (TPSA) is 96.0 Å². The van der Waals surface area contributed by atoms with Crippen molar-refractivity contribution in [3.05, 3.63) is 48.0 Å². The van der Waals surface area contributed by atoms with Crippen LogP contribution in [0.15, 0.2) is 47.4 Å². The summed E-state index contributed by atoms with van der Waals surface area (Å²) in [6.45, 7) is 6.11. The third kappa shape index (κ3) is 4.95. The number of rotatable bonds is 7. The van der Waals surface area contributed by atoms with E-state index in [1.165, 1.54) is 38.2 Å². The summed E-state index contributed by atoms with van der Waals surface area (Å²) in [4.78, 5) is 27.8. The van der Waals surface area contributed by atoms with Crippen LogP contribution in [0.2, 0.25) is 0 Å². The smallest absolute Gasteiger partial charge is 0.241 e. The van der Waals surface area contributed by atoms with E-state index in [9.17, 15) is 18.0 Å². The monoisotopic (exact) mass is 485 g/mol. The SMILES string of the molecule is COc1ccc(S(=O)(=O)N[C@H](C)c2ccc(N3CCC[C@H](C)C3)cc2)cc1N1C(=O)CCC1=O. The molecule has 2 aliphatic rings. The summed E-state index contributed by atoms with van der Waals surface area (Å²) >= 11 is 0. The lowest BCUT2D eigenvalue weighted by molar-refractivity contribution is -0.121. The lowest BCUT2D eigenvalue weighted by Crippen LogP contribution is -2.34. The van der Waals surface area contributed by atoms with E-state index in [-0.39, 0.29) is 41.0 Å². The minimum atomic E-state index is -3.92. The maximum absolute atomic E-state index is 13.1. The van der Waals surface area contributed by atoms with E-state index in [2.05, 4.69) is 16.5 Å². The van der Waals surface area contributed by atoms with Crippen molar-refractivity contribution in [2.75, 3.05) is 30.0 Å². The molecule has 2 atom stereocenters. The van der Waals surface area contributed by atoms with Crippen LogP contribution >= 0.6 is 0 Å². The molecular formula is C25H31N3O5S. The Hall–Kier alpha value is -2.91. The minimum absolute atomic E-state index is 0.0402. The first kappa shape index (κ1) is 24.2. The second-order valence-corrected chi connectivity index (χ2v) is 10.8. The van der Waals surface area contributed by atoms with Gasteiger partial charge in [-0.05, 0) is 61.6 Å². The molecule has 4 rings (SSSR count). The van der Waals surface area contributed by atoms with Crippen LogP contribution in [0, 0.1) is 5.92 Å². The van der Waals surface area contributed by atoms with Crippen molar-refractivity contribution >= 4 is 33.2 Å². The van der Waals surface area contributed by atoms with Crippen molar-refractivity contribution in [3.8, 4) is 5.75 Å². The Balaban J connectivity index is 1.53. The molecule has 0 aromatic heterocycles. The maximum Gasteiger partial charge on any atom is 0.241 e. The summed E-state index contributed by atoms with van der Waals surface area (Å²) in [5, 5.41) is 0. The number of hydrogen-bond donors (Lipinski definition) is 1. The van der Waals surface area contributed by atoms with Crippen LogP contribution in [0.25, 0.3) is 0 Å². The van der Waals surface area contributed by atoms with E-state index in [1.807, 2.05) is 24.3 Å². The van der Waals surface area contributed by atoms with Gasteiger partial charge in [-0.2, -0.15) is 0 Å². The zero-order chi connectivity index (χ0) is 24.5. The molecule has 0 aliphatic carbocycles. The summed E-state index contributed by atoms with van der Waals surface area (Å²) in [6.07, 6.45) is 2.62. The number of nitrogens with zero attached hydrogens (tertiary/aromatic N) is 2. The van der Waals surface area contributed by atoms with Crippen LogP contribution in [-0.4, -0.2) is 40.4 Å². The molecule has 0 bridgehead atoms. The standard InChI is InChI=1S/C25H31N3O5S/c1-17-5-4-14-27(16-17)20-8-6-19(7-9-20)18(2)26-34(31,32)21-10-11-23(33-3)22(15-21)28-24(29)12-13-25(28)30/h6-11,15,17-18,26H,4-5,12-14,16H2,1-3H3/t17-,18+/m0/s1. The van der Waals surface area contributed by atoms with Gasteiger partial charge in [0.2, 0.25) is 21.8 Å². The van der Waals surface area contributed by atoms with Gasteiger partial charge in [-0.25, -0.2) is 18.0 Å². The van der Waals surface area contributed by atoms with Gasteiger partial charge in [-0.15, -0.1) is 0 Å². The number of imide groups is 1. The number of methoxy groups -OCH3 is 1. The molecule has 1 N–H and O–H groups in total. The molecule has 0 spiro atoms. The van der Waals surface area contributed by atoms with Gasteiger partial charge in [0, 0.05) is 37.7 Å². The van der Waals surface area contributed by atoms with Gasteiger partial charge in [-0.1, -0.05) is 19.1 Å². The molecule has 34 heavy (non-hydrogen) atoms. The van der Waals surface area contributed by atoms with Crippen molar-refractivity contribution in [1.29, 1.82) is 0 Å². The van der Waals surface area contributed by atoms with Crippen molar-refractivity contribution in [1.82, 2.24) is 4.72 Å². The Morgan fingerprint density at radius 1 is 1.06 bits per heavy atom. The second-order valence-electron chi connectivity index (χ2n) is 9.08. The molecular weight excluding hydrogens is 454 g/mol. The first-order chi connectivity index (χ1) is 16.2. The average Bonchev–Trinajstić information content (AvgIpc) is 3.16. The number of ether oxygens (including phenoxy) is 1. The van der Waals surface area contributed by atoms with Crippen molar-refractivity contribution < 1.29 is 22.7 Å². The fourth-order valence-corrected chi connectivity index (χ4v) is 5.88. The Morgan fingerprint density at radius 3 is 2.35 bits per heavy atom. The van der Waals surface area contributed by atoms with Gasteiger partial charge in [-0.3, -0.25) is 9.59 Å². The van der Waals surface area contributed by atoms with E-state index >= 15 is 0 Å². The number of carbonyl (C=O) groups excluding carboxylic acids is 2. The highest BCUT2D eigenvalue weighted by molar-refractivity contribution is 7.89. The van der Waals surface area contributed by atoms with Crippen LogP contribution in [-0.2, 0) is 19.6 Å². The molecule has 2 aliphatic heterocycles. The molecule has 2 amide bonds. The Morgan fingerprint density at radius 2 is 1.74 bits per heavy atom. The molecule has 2 saturated heterocycles. The number of amides is 2. The molecule has 8 nitrogen and oxygen atoms in total.